The molecule has 136 valence electrons. The van der Waals surface area contributed by atoms with Crippen molar-refractivity contribution in [1.29, 1.82) is 0 Å². The zero-order valence-electron chi connectivity index (χ0n) is 13.4. The molecule has 0 unspecified atom stereocenters. The van der Waals surface area contributed by atoms with Gasteiger partial charge in [0.05, 0.1) is 5.56 Å². The minimum Gasteiger partial charge on any atom is -0.784 e. The summed E-state index contributed by atoms with van der Waals surface area (Å²) in [5.41, 5.74) is 1.77. The smallest absolute Gasteiger partial charge is 0.337 e. The van der Waals surface area contributed by atoms with E-state index >= 15 is 0 Å². The molecule has 9 heteroatoms. The van der Waals surface area contributed by atoms with Crippen molar-refractivity contribution in [3.8, 4) is 0 Å². The standard InChI is InChI=1S/C11H8O2.C6H5NO2.H2O3S/c1-7-6-10(12)8-4-2-3-5-9(8)11(7)13;8-6(9)5-2-1-3-7-4-5;1-4(2)3/h2-6H,1H3;1-4H,(H,8,9);(H2,1,2,3)/p-2. The van der Waals surface area contributed by atoms with Crippen molar-refractivity contribution in [1.82, 2.24) is 4.98 Å². The van der Waals surface area contributed by atoms with Gasteiger partial charge in [-0.3, -0.25) is 18.8 Å². The molecule has 0 radical (unpaired) electrons. The van der Waals surface area contributed by atoms with Crippen LogP contribution in [-0.2, 0) is 11.4 Å². The summed E-state index contributed by atoms with van der Waals surface area (Å²) in [6.45, 7) is 1.66. The van der Waals surface area contributed by atoms with Gasteiger partial charge in [-0.15, -0.1) is 11.4 Å². The lowest BCUT2D eigenvalue weighted by Crippen LogP contribution is -2.14. The number of carbonyl (C=O) groups excluding carboxylic acids is 2. The van der Waals surface area contributed by atoms with Crippen LogP contribution in [0.1, 0.15) is 38.0 Å². The number of aromatic nitrogens is 1. The summed E-state index contributed by atoms with van der Waals surface area (Å²) in [6.07, 6.45) is 4.24. The Morgan fingerprint density at radius 3 is 2.12 bits per heavy atom. The number of allylic oxidation sites excluding steroid dienone is 2. The maximum Gasteiger partial charge on any atom is 0.337 e. The quantitative estimate of drug-likeness (QED) is 0.742. The van der Waals surface area contributed by atoms with Crippen molar-refractivity contribution < 1.29 is 32.8 Å². The maximum absolute atomic E-state index is 11.5. The van der Waals surface area contributed by atoms with Crippen LogP contribution in [0.5, 0.6) is 0 Å². The van der Waals surface area contributed by atoms with E-state index in [1.54, 1.807) is 37.3 Å². The van der Waals surface area contributed by atoms with Gasteiger partial charge in [-0.1, -0.05) is 24.3 Å². The van der Waals surface area contributed by atoms with E-state index in [1.165, 1.54) is 24.5 Å². The van der Waals surface area contributed by atoms with Gasteiger partial charge in [-0.2, -0.15) is 0 Å². The van der Waals surface area contributed by atoms with Gasteiger partial charge in [0.15, 0.2) is 11.6 Å². The SMILES string of the molecule is CC1=CC(=O)c2ccccc2C1=O.O=C(O)c1cccnc1.O=S([O-])[O-]. The van der Waals surface area contributed by atoms with Crippen LogP contribution in [-0.4, -0.2) is 40.9 Å². The number of rotatable bonds is 1. The number of Topliss-reactive ketones (excluding diaryl/α,β-unsaturated/α-hetero) is 1. The molecule has 1 N–H and O–H groups in total. The van der Waals surface area contributed by atoms with Gasteiger partial charge in [-0.25, -0.2) is 4.79 Å². The Balaban J connectivity index is 0.000000227. The Morgan fingerprint density at radius 2 is 1.65 bits per heavy atom. The van der Waals surface area contributed by atoms with Crippen molar-refractivity contribution in [3.63, 3.8) is 0 Å². The van der Waals surface area contributed by atoms with Crippen molar-refractivity contribution >= 4 is 28.9 Å². The summed E-state index contributed by atoms with van der Waals surface area (Å²) in [5, 5.41) is 8.34. The van der Waals surface area contributed by atoms with E-state index in [0.717, 1.165) is 0 Å². The zero-order chi connectivity index (χ0) is 19.7. The second-order valence-corrected chi connectivity index (χ2v) is 5.23. The van der Waals surface area contributed by atoms with E-state index in [1.807, 2.05) is 0 Å². The lowest BCUT2D eigenvalue weighted by molar-refractivity contribution is 0.0696. The third-order valence-corrected chi connectivity index (χ3v) is 3.05. The number of aromatic carboxylic acids is 1. The van der Waals surface area contributed by atoms with Crippen LogP contribution in [0, 0.1) is 0 Å². The predicted octanol–water partition coefficient (Wildman–Crippen LogP) is 1.79. The van der Waals surface area contributed by atoms with Gasteiger partial charge >= 0.3 is 5.97 Å². The van der Waals surface area contributed by atoms with Gasteiger partial charge < -0.3 is 14.2 Å². The number of benzene rings is 1. The molecule has 2 aromatic rings. The third kappa shape index (κ3) is 6.48. The first kappa shape index (κ1) is 21.0. The van der Waals surface area contributed by atoms with E-state index in [2.05, 4.69) is 4.98 Å². The number of pyridine rings is 1. The number of fused-ring (bicyclic) bond motifs is 1. The number of hydrogen-bond donors (Lipinski definition) is 1. The lowest BCUT2D eigenvalue weighted by Gasteiger charge is -2.11. The molecule has 1 heterocycles. The van der Waals surface area contributed by atoms with Crippen molar-refractivity contribution in [2.45, 2.75) is 6.92 Å². The highest BCUT2D eigenvalue weighted by Crippen LogP contribution is 2.20. The number of ketones is 2. The molecule has 0 amide bonds. The number of carbonyl (C=O) groups is 3. The third-order valence-electron chi connectivity index (χ3n) is 3.05. The molecule has 0 bridgehead atoms. The fourth-order valence-electron chi connectivity index (χ4n) is 1.94. The van der Waals surface area contributed by atoms with Crippen LogP contribution in [0.4, 0.5) is 0 Å². The van der Waals surface area contributed by atoms with Crippen molar-refractivity contribution in [2.75, 3.05) is 0 Å². The average Bonchev–Trinajstić information content (AvgIpc) is 2.61. The number of carboxylic acids is 1. The van der Waals surface area contributed by atoms with Gasteiger partial charge in [0, 0.05) is 29.1 Å². The van der Waals surface area contributed by atoms with Crippen LogP contribution >= 0.6 is 0 Å². The topological polar surface area (TPSA) is 148 Å². The van der Waals surface area contributed by atoms with Crippen LogP contribution < -0.4 is 0 Å². The fourth-order valence-corrected chi connectivity index (χ4v) is 1.94. The van der Waals surface area contributed by atoms with Crippen LogP contribution in [0.3, 0.4) is 0 Å². The summed E-state index contributed by atoms with van der Waals surface area (Å²) in [7, 11) is 0. The number of nitrogens with zero attached hydrogens (tertiary/aromatic N) is 1. The minimum absolute atomic E-state index is 0.0461. The van der Waals surface area contributed by atoms with E-state index in [4.69, 9.17) is 18.4 Å². The van der Waals surface area contributed by atoms with E-state index in [9.17, 15) is 14.4 Å². The molecular weight excluding hydrogens is 362 g/mol. The highest BCUT2D eigenvalue weighted by molar-refractivity contribution is 7.72. The second-order valence-electron chi connectivity index (χ2n) is 4.82. The van der Waals surface area contributed by atoms with E-state index < -0.39 is 17.3 Å². The molecule has 1 aromatic heterocycles. The van der Waals surface area contributed by atoms with Gasteiger partial charge in [-0.05, 0) is 25.1 Å². The molecular formula is C17H13NO7S-2. The average molecular weight is 375 g/mol. The van der Waals surface area contributed by atoms with Crippen molar-refractivity contribution in [2.24, 2.45) is 0 Å². The van der Waals surface area contributed by atoms with Crippen molar-refractivity contribution in [3.05, 3.63) is 77.1 Å². The number of carboxylic acid groups (broad SMARTS) is 1. The summed E-state index contributed by atoms with van der Waals surface area (Å²) < 4.78 is 25.3. The molecule has 0 atom stereocenters. The first-order valence-electron chi connectivity index (χ1n) is 7.00. The van der Waals surface area contributed by atoms with Crippen LogP contribution in [0.15, 0.2) is 60.4 Å². The first-order chi connectivity index (χ1) is 12.2. The molecule has 0 fully saturated rings. The highest BCUT2D eigenvalue weighted by atomic mass is 32.2. The molecule has 8 nitrogen and oxygen atoms in total. The molecule has 0 aliphatic heterocycles. The summed E-state index contributed by atoms with van der Waals surface area (Å²) in [6, 6.07) is 9.98. The Hall–Kier alpha value is -3.01. The summed E-state index contributed by atoms with van der Waals surface area (Å²) in [4.78, 5) is 36.7. The molecule has 3 rings (SSSR count). The molecule has 0 saturated heterocycles. The Bertz CT molecular complexity index is 858. The monoisotopic (exact) mass is 375 g/mol. The van der Waals surface area contributed by atoms with Crippen LogP contribution in [0.2, 0.25) is 0 Å². The highest BCUT2D eigenvalue weighted by Gasteiger charge is 2.21. The molecule has 1 aliphatic rings. The largest absolute Gasteiger partial charge is 0.784 e. The predicted molar refractivity (Wildman–Crippen MR) is 89.8 cm³/mol. The molecule has 1 aliphatic carbocycles. The minimum atomic E-state index is -3.11. The van der Waals surface area contributed by atoms with E-state index in [0.29, 0.717) is 16.7 Å². The second kappa shape index (κ2) is 10.1. The molecule has 26 heavy (non-hydrogen) atoms. The summed E-state index contributed by atoms with van der Waals surface area (Å²) in [5.74, 6) is -1.06. The zero-order valence-corrected chi connectivity index (χ0v) is 14.3. The molecule has 1 aromatic carbocycles. The van der Waals surface area contributed by atoms with Gasteiger partial charge in [0.1, 0.15) is 0 Å². The van der Waals surface area contributed by atoms with Gasteiger partial charge in [0.2, 0.25) is 0 Å². The van der Waals surface area contributed by atoms with Gasteiger partial charge in [0.25, 0.3) is 0 Å². The number of hydrogen-bond acceptors (Lipinski definition) is 7. The maximum atomic E-state index is 11.5. The normalized spacial score (nSPS) is 12.1. The molecule has 0 saturated carbocycles. The Labute approximate surface area is 151 Å². The molecule has 0 spiro atoms. The van der Waals surface area contributed by atoms with E-state index in [-0.39, 0.29) is 17.1 Å². The fraction of sp³-hybridized carbons (Fsp3) is 0.0588. The summed E-state index contributed by atoms with van der Waals surface area (Å²) >= 11 is -3.11. The lowest BCUT2D eigenvalue weighted by atomic mass is 9.90. The Morgan fingerprint density at radius 1 is 1.08 bits per heavy atom. The Kier molecular flexibility index (Phi) is 8.16. The first-order valence-corrected chi connectivity index (χ1v) is 8.00. The van der Waals surface area contributed by atoms with Crippen LogP contribution in [0.25, 0.3) is 0 Å².